The quantitative estimate of drug-likeness (QED) is 0.660. The van der Waals surface area contributed by atoms with Crippen molar-refractivity contribution >= 4 is 17.3 Å². The number of alkyl halides is 3. The third kappa shape index (κ3) is 4.24. The van der Waals surface area contributed by atoms with Crippen LogP contribution in [0, 0.1) is 11.6 Å². The highest BCUT2D eigenvalue weighted by molar-refractivity contribution is 5.87. The summed E-state index contributed by atoms with van der Waals surface area (Å²) in [5, 5.41) is 5.02. The van der Waals surface area contributed by atoms with Crippen molar-refractivity contribution in [3.05, 3.63) is 59.2 Å². The lowest BCUT2D eigenvalue weighted by atomic mass is 9.77. The number of hydrogen-bond acceptors (Lipinski definition) is 3. The molecule has 0 radical (unpaired) electrons. The van der Waals surface area contributed by atoms with Crippen LogP contribution in [0.1, 0.15) is 30.4 Å². The normalized spacial score (nSPS) is 15.6. The summed E-state index contributed by atoms with van der Waals surface area (Å²) in [6.45, 7) is -0.0890. The minimum atomic E-state index is -4.77. The topological polar surface area (TPSA) is 67.2 Å². The summed E-state index contributed by atoms with van der Waals surface area (Å²) in [4.78, 5) is 12.0. The Morgan fingerprint density at radius 3 is 2.39 bits per heavy atom. The molecule has 0 atom stereocenters. The molecule has 0 aromatic heterocycles. The van der Waals surface area contributed by atoms with Crippen molar-refractivity contribution < 1.29 is 26.7 Å². The number of carbonyl (C=O) groups is 1. The summed E-state index contributed by atoms with van der Waals surface area (Å²) in [5.41, 5.74) is 3.60. The highest BCUT2D eigenvalue weighted by Gasteiger charge is 2.39. The number of amides is 1. The van der Waals surface area contributed by atoms with Gasteiger partial charge in [0.05, 0.1) is 16.8 Å². The van der Waals surface area contributed by atoms with E-state index in [4.69, 9.17) is 5.73 Å². The first-order valence-corrected chi connectivity index (χ1v) is 8.58. The van der Waals surface area contributed by atoms with Crippen LogP contribution in [0.25, 0.3) is 0 Å². The lowest BCUT2D eigenvalue weighted by Crippen LogP contribution is -2.58. The lowest BCUT2D eigenvalue weighted by Gasteiger charge is -2.36. The van der Waals surface area contributed by atoms with Crippen LogP contribution in [0.2, 0.25) is 0 Å². The van der Waals surface area contributed by atoms with Crippen LogP contribution in [0.4, 0.5) is 33.3 Å². The molecule has 1 saturated carbocycles. The second-order valence-corrected chi connectivity index (χ2v) is 6.81. The van der Waals surface area contributed by atoms with E-state index in [0.29, 0.717) is 18.9 Å². The summed E-state index contributed by atoms with van der Waals surface area (Å²) in [6, 6.07) is 5.90. The van der Waals surface area contributed by atoms with E-state index in [0.717, 1.165) is 24.6 Å². The summed E-state index contributed by atoms with van der Waals surface area (Å²) in [6.07, 6.45) is -2.76. The summed E-state index contributed by atoms with van der Waals surface area (Å²) in [7, 11) is 0. The minimum Gasteiger partial charge on any atom is -0.355 e. The van der Waals surface area contributed by atoms with Gasteiger partial charge >= 0.3 is 6.18 Å². The van der Waals surface area contributed by atoms with E-state index in [1.54, 1.807) is 0 Å². The number of carbonyl (C=O) groups excluding carboxylic acids is 1. The third-order valence-corrected chi connectivity index (χ3v) is 4.76. The molecule has 2 aromatic rings. The highest BCUT2D eigenvalue weighted by Crippen LogP contribution is 2.36. The van der Waals surface area contributed by atoms with Crippen molar-refractivity contribution in [3.8, 4) is 0 Å². The molecule has 0 spiro atoms. The highest BCUT2D eigenvalue weighted by atomic mass is 19.4. The molecule has 2 aromatic carbocycles. The van der Waals surface area contributed by atoms with Crippen molar-refractivity contribution in [1.82, 2.24) is 5.32 Å². The Labute approximate surface area is 157 Å². The lowest BCUT2D eigenvalue weighted by molar-refractivity contribution is -0.137. The molecule has 3 rings (SSSR count). The largest absolute Gasteiger partial charge is 0.418 e. The Kier molecular flexibility index (Phi) is 5.29. The molecule has 4 N–H and O–H groups in total. The van der Waals surface area contributed by atoms with Gasteiger partial charge in [-0.25, -0.2) is 8.78 Å². The molecule has 9 heteroatoms. The SMILES string of the molecule is NC1(C(=O)NCc2ccc(Nc3ccc(F)cc3C(F)(F)F)cc2F)CCC1. The molecule has 0 aliphatic heterocycles. The maximum atomic E-state index is 14.3. The summed E-state index contributed by atoms with van der Waals surface area (Å²) in [5.74, 6) is -2.10. The van der Waals surface area contributed by atoms with Gasteiger partial charge in [-0.05, 0) is 49.6 Å². The van der Waals surface area contributed by atoms with Gasteiger partial charge in [-0.3, -0.25) is 4.79 Å². The number of hydrogen-bond donors (Lipinski definition) is 3. The fourth-order valence-electron chi connectivity index (χ4n) is 2.92. The molecule has 28 heavy (non-hydrogen) atoms. The average molecular weight is 399 g/mol. The first kappa shape index (κ1) is 20.1. The molecule has 1 aliphatic rings. The molecule has 1 amide bonds. The van der Waals surface area contributed by atoms with Crippen LogP contribution in [-0.4, -0.2) is 11.4 Å². The molecular weight excluding hydrogens is 381 g/mol. The first-order valence-electron chi connectivity index (χ1n) is 8.58. The van der Waals surface area contributed by atoms with E-state index in [-0.39, 0.29) is 23.7 Å². The van der Waals surface area contributed by atoms with Crippen molar-refractivity contribution in [3.63, 3.8) is 0 Å². The zero-order chi connectivity index (χ0) is 20.5. The summed E-state index contributed by atoms with van der Waals surface area (Å²) < 4.78 is 66.6. The van der Waals surface area contributed by atoms with E-state index < -0.39 is 34.6 Å². The van der Waals surface area contributed by atoms with E-state index in [2.05, 4.69) is 10.6 Å². The first-order chi connectivity index (χ1) is 13.1. The van der Waals surface area contributed by atoms with Gasteiger partial charge < -0.3 is 16.4 Å². The third-order valence-electron chi connectivity index (χ3n) is 4.76. The van der Waals surface area contributed by atoms with E-state index >= 15 is 0 Å². The van der Waals surface area contributed by atoms with Crippen LogP contribution in [0.15, 0.2) is 36.4 Å². The van der Waals surface area contributed by atoms with Crippen molar-refractivity contribution in [1.29, 1.82) is 0 Å². The number of anilines is 2. The number of rotatable bonds is 5. The molecular formula is C19H18F5N3O. The Morgan fingerprint density at radius 1 is 1.11 bits per heavy atom. The van der Waals surface area contributed by atoms with E-state index in [1.807, 2.05) is 0 Å². The van der Waals surface area contributed by atoms with E-state index in [1.165, 1.54) is 12.1 Å². The van der Waals surface area contributed by atoms with Gasteiger partial charge in [0.2, 0.25) is 5.91 Å². The van der Waals surface area contributed by atoms with Gasteiger partial charge in [0, 0.05) is 17.8 Å². The van der Waals surface area contributed by atoms with E-state index in [9.17, 15) is 26.7 Å². The zero-order valence-electron chi connectivity index (χ0n) is 14.7. The molecule has 1 fully saturated rings. The van der Waals surface area contributed by atoms with Crippen molar-refractivity contribution in [2.45, 2.75) is 37.5 Å². The molecule has 0 saturated heterocycles. The molecule has 0 unspecified atom stereocenters. The molecule has 150 valence electrons. The Morgan fingerprint density at radius 2 is 1.82 bits per heavy atom. The van der Waals surface area contributed by atoms with Gasteiger partial charge in [-0.15, -0.1) is 0 Å². The Hall–Kier alpha value is -2.68. The number of nitrogens with two attached hydrogens (primary N) is 1. The van der Waals surface area contributed by atoms with Crippen molar-refractivity contribution in [2.24, 2.45) is 5.73 Å². The second-order valence-electron chi connectivity index (χ2n) is 6.81. The standard InChI is InChI=1S/C19H18F5N3O/c20-12-3-5-16(14(8-12)19(22,23)24)27-13-4-2-11(15(21)9-13)10-26-17(28)18(25)6-1-7-18/h2-5,8-9,27H,1,6-7,10,25H2,(H,26,28). The fourth-order valence-corrected chi connectivity index (χ4v) is 2.92. The molecule has 4 nitrogen and oxygen atoms in total. The Bertz CT molecular complexity index is 894. The van der Waals surface area contributed by atoms with Crippen LogP contribution >= 0.6 is 0 Å². The molecule has 1 aliphatic carbocycles. The van der Waals surface area contributed by atoms with Crippen LogP contribution in [0.5, 0.6) is 0 Å². The van der Waals surface area contributed by atoms with Gasteiger partial charge in [0.15, 0.2) is 0 Å². The predicted octanol–water partition coefficient (Wildman–Crippen LogP) is 4.22. The number of benzene rings is 2. The monoisotopic (exact) mass is 399 g/mol. The maximum Gasteiger partial charge on any atom is 0.418 e. The fraction of sp³-hybridized carbons (Fsp3) is 0.316. The predicted molar refractivity (Wildman–Crippen MR) is 93.7 cm³/mol. The van der Waals surface area contributed by atoms with Crippen molar-refractivity contribution in [2.75, 3.05) is 5.32 Å². The second kappa shape index (κ2) is 7.38. The van der Waals surface area contributed by atoms with Gasteiger partial charge in [0.1, 0.15) is 11.6 Å². The van der Waals surface area contributed by atoms with Crippen LogP contribution < -0.4 is 16.4 Å². The number of nitrogens with one attached hydrogen (secondary N) is 2. The van der Waals surface area contributed by atoms with Gasteiger partial charge in [-0.2, -0.15) is 13.2 Å². The van der Waals surface area contributed by atoms with Gasteiger partial charge in [-0.1, -0.05) is 6.07 Å². The molecule has 0 bridgehead atoms. The zero-order valence-corrected chi connectivity index (χ0v) is 14.7. The summed E-state index contributed by atoms with van der Waals surface area (Å²) >= 11 is 0. The Balaban J connectivity index is 1.72. The van der Waals surface area contributed by atoms with Gasteiger partial charge in [0.25, 0.3) is 0 Å². The number of halogens is 5. The smallest absolute Gasteiger partial charge is 0.355 e. The average Bonchev–Trinajstić information content (AvgIpc) is 2.59. The molecule has 0 heterocycles. The maximum absolute atomic E-state index is 14.3. The minimum absolute atomic E-state index is 0.0546. The van der Waals surface area contributed by atoms with Crippen LogP contribution in [0.3, 0.4) is 0 Å². The van der Waals surface area contributed by atoms with Crippen LogP contribution in [-0.2, 0) is 17.5 Å².